The number of aromatic nitrogens is 1. The second-order valence-corrected chi connectivity index (χ2v) is 5.17. The first-order valence-electron chi connectivity index (χ1n) is 6.71. The van der Waals surface area contributed by atoms with Crippen LogP contribution in [-0.2, 0) is 11.2 Å². The average molecular weight is 256 g/mol. The lowest BCUT2D eigenvalue weighted by Crippen LogP contribution is -2.30. The number of aryl methyl sites for hydroxylation is 2. The van der Waals surface area contributed by atoms with Crippen molar-refractivity contribution in [1.29, 1.82) is 0 Å². The summed E-state index contributed by atoms with van der Waals surface area (Å²) < 4.78 is 0. The fourth-order valence-corrected chi connectivity index (χ4v) is 2.11. The molecule has 0 spiro atoms. The topological polar surface area (TPSA) is 42.0 Å². The molecule has 0 radical (unpaired) electrons. The number of pyridine rings is 1. The van der Waals surface area contributed by atoms with E-state index in [0.717, 1.165) is 16.6 Å². The van der Waals surface area contributed by atoms with E-state index in [1.54, 1.807) is 0 Å². The molecular formula is C16H20N2O. The lowest BCUT2D eigenvalue weighted by Gasteiger charge is -2.08. The van der Waals surface area contributed by atoms with Crippen molar-refractivity contribution in [1.82, 2.24) is 10.3 Å². The van der Waals surface area contributed by atoms with Crippen LogP contribution in [0.25, 0.3) is 10.9 Å². The molecule has 0 aliphatic heterocycles. The number of hydrogen-bond acceptors (Lipinski definition) is 2. The third-order valence-electron chi connectivity index (χ3n) is 3.04. The van der Waals surface area contributed by atoms with E-state index < -0.39 is 0 Å². The van der Waals surface area contributed by atoms with Crippen LogP contribution in [0.2, 0.25) is 0 Å². The molecule has 1 amide bonds. The number of para-hydroxylation sites is 1. The number of hydrogen-bond donors (Lipinski definition) is 1. The summed E-state index contributed by atoms with van der Waals surface area (Å²) in [6.45, 7) is 6.00. The first kappa shape index (κ1) is 13.5. The third-order valence-corrected chi connectivity index (χ3v) is 3.04. The number of rotatable bonds is 4. The molecule has 0 saturated carbocycles. The van der Waals surface area contributed by atoms with E-state index in [1.807, 2.05) is 26.0 Å². The molecule has 1 aromatic heterocycles. The van der Waals surface area contributed by atoms with Gasteiger partial charge in [0.05, 0.1) is 5.52 Å². The van der Waals surface area contributed by atoms with Gasteiger partial charge in [0, 0.05) is 23.5 Å². The lowest BCUT2D eigenvalue weighted by atomic mass is 10.1. The second-order valence-electron chi connectivity index (χ2n) is 5.17. The molecule has 2 aromatic rings. The third kappa shape index (κ3) is 3.53. The minimum absolute atomic E-state index is 0.0849. The number of amides is 1. The Morgan fingerprint density at radius 2 is 2.05 bits per heavy atom. The van der Waals surface area contributed by atoms with Crippen LogP contribution in [0.15, 0.2) is 30.3 Å². The van der Waals surface area contributed by atoms with Gasteiger partial charge in [-0.2, -0.15) is 0 Å². The van der Waals surface area contributed by atoms with E-state index in [2.05, 4.69) is 35.4 Å². The van der Waals surface area contributed by atoms with Gasteiger partial charge in [0.2, 0.25) is 5.91 Å². The van der Waals surface area contributed by atoms with E-state index in [0.29, 0.717) is 12.8 Å². The van der Waals surface area contributed by atoms with Crippen molar-refractivity contribution in [3.05, 3.63) is 41.6 Å². The van der Waals surface area contributed by atoms with Crippen molar-refractivity contribution in [3.8, 4) is 0 Å². The zero-order chi connectivity index (χ0) is 13.8. The molecule has 3 heteroatoms. The Bertz CT molecular complexity index is 590. The molecule has 19 heavy (non-hydrogen) atoms. The Labute approximate surface area is 114 Å². The normalized spacial score (nSPS) is 10.9. The second kappa shape index (κ2) is 5.83. The number of benzene rings is 1. The number of nitrogens with one attached hydrogen (secondary N) is 1. The summed E-state index contributed by atoms with van der Waals surface area (Å²) in [6.07, 6.45) is 1.17. The molecule has 0 atom stereocenters. The molecule has 2 rings (SSSR count). The van der Waals surface area contributed by atoms with Crippen LogP contribution >= 0.6 is 0 Å². The Hall–Kier alpha value is -1.90. The van der Waals surface area contributed by atoms with Crippen molar-refractivity contribution < 1.29 is 4.79 Å². The Kier molecular flexibility index (Phi) is 4.15. The number of nitrogens with zero attached hydrogens (tertiary/aromatic N) is 1. The van der Waals surface area contributed by atoms with Crippen molar-refractivity contribution in [2.24, 2.45) is 0 Å². The Morgan fingerprint density at radius 1 is 1.26 bits per heavy atom. The van der Waals surface area contributed by atoms with Crippen LogP contribution in [0, 0.1) is 6.92 Å². The van der Waals surface area contributed by atoms with Gasteiger partial charge in [0.25, 0.3) is 0 Å². The van der Waals surface area contributed by atoms with Crippen LogP contribution in [0.4, 0.5) is 0 Å². The first-order chi connectivity index (χ1) is 9.06. The predicted octanol–water partition coefficient (Wildman–Crippen LogP) is 3.00. The van der Waals surface area contributed by atoms with Gasteiger partial charge >= 0.3 is 0 Å². The standard InChI is InChI=1S/C16H20N2O/c1-11(2)17-15(19)10-9-14-8-7-13-6-4-5-12(3)16(13)18-14/h4-8,11H,9-10H2,1-3H3,(H,17,19). The van der Waals surface area contributed by atoms with Crippen molar-refractivity contribution in [2.45, 2.75) is 39.7 Å². The van der Waals surface area contributed by atoms with Gasteiger partial charge in [0.15, 0.2) is 0 Å². The molecule has 0 aliphatic rings. The highest BCUT2D eigenvalue weighted by atomic mass is 16.1. The van der Waals surface area contributed by atoms with Gasteiger partial charge in [-0.3, -0.25) is 9.78 Å². The largest absolute Gasteiger partial charge is 0.354 e. The molecule has 0 saturated heterocycles. The fraction of sp³-hybridized carbons (Fsp3) is 0.375. The monoisotopic (exact) mass is 256 g/mol. The van der Waals surface area contributed by atoms with Crippen molar-refractivity contribution >= 4 is 16.8 Å². The smallest absolute Gasteiger partial charge is 0.220 e. The maximum Gasteiger partial charge on any atom is 0.220 e. The van der Waals surface area contributed by atoms with E-state index in [-0.39, 0.29) is 11.9 Å². The maximum atomic E-state index is 11.6. The molecule has 1 aromatic carbocycles. The summed E-state index contributed by atoms with van der Waals surface area (Å²) in [6, 6.07) is 10.4. The summed E-state index contributed by atoms with van der Waals surface area (Å²) in [7, 11) is 0. The van der Waals surface area contributed by atoms with Gasteiger partial charge in [-0.05, 0) is 38.8 Å². The minimum atomic E-state index is 0.0849. The van der Waals surface area contributed by atoms with E-state index in [1.165, 1.54) is 5.56 Å². The summed E-state index contributed by atoms with van der Waals surface area (Å²) in [5, 5.41) is 4.04. The quantitative estimate of drug-likeness (QED) is 0.913. The van der Waals surface area contributed by atoms with E-state index >= 15 is 0 Å². The van der Waals surface area contributed by atoms with Crippen LogP contribution in [0.3, 0.4) is 0 Å². The highest BCUT2D eigenvalue weighted by Crippen LogP contribution is 2.16. The van der Waals surface area contributed by atoms with Gasteiger partial charge in [-0.25, -0.2) is 0 Å². The molecule has 0 fully saturated rings. The predicted molar refractivity (Wildman–Crippen MR) is 78.1 cm³/mol. The molecule has 100 valence electrons. The number of carbonyl (C=O) groups is 1. The summed E-state index contributed by atoms with van der Waals surface area (Å²) in [5.41, 5.74) is 3.18. The average Bonchev–Trinajstić information content (AvgIpc) is 2.36. The van der Waals surface area contributed by atoms with Crippen molar-refractivity contribution in [2.75, 3.05) is 0 Å². The number of fused-ring (bicyclic) bond motifs is 1. The summed E-state index contributed by atoms with van der Waals surface area (Å²) in [5.74, 6) is 0.0849. The summed E-state index contributed by atoms with van der Waals surface area (Å²) >= 11 is 0. The highest BCUT2D eigenvalue weighted by Gasteiger charge is 2.06. The lowest BCUT2D eigenvalue weighted by molar-refractivity contribution is -0.121. The van der Waals surface area contributed by atoms with Crippen LogP contribution < -0.4 is 5.32 Å². The van der Waals surface area contributed by atoms with E-state index in [4.69, 9.17) is 0 Å². The van der Waals surface area contributed by atoms with Crippen molar-refractivity contribution in [3.63, 3.8) is 0 Å². The number of carbonyl (C=O) groups excluding carboxylic acids is 1. The van der Waals surface area contributed by atoms with Crippen LogP contribution in [0.5, 0.6) is 0 Å². The fourth-order valence-electron chi connectivity index (χ4n) is 2.11. The molecular weight excluding hydrogens is 236 g/mol. The van der Waals surface area contributed by atoms with Crippen LogP contribution in [-0.4, -0.2) is 16.9 Å². The molecule has 0 bridgehead atoms. The Morgan fingerprint density at radius 3 is 2.79 bits per heavy atom. The van der Waals surface area contributed by atoms with Gasteiger partial charge in [0.1, 0.15) is 0 Å². The SMILES string of the molecule is Cc1cccc2ccc(CCC(=O)NC(C)C)nc12. The van der Waals surface area contributed by atoms with Gasteiger partial charge in [-0.15, -0.1) is 0 Å². The van der Waals surface area contributed by atoms with Gasteiger partial charge < -0.3 is 5.32 Å². The molecule has 0 unspecified atom stereocenters. The zero-order valence-corrected chi connectivity index (χ0v) is 11.7. The molecule has 1 N–H and O–H groups in total. The molecule has 3 nitrogen and oxygen atoms in total. The maximum absolute atomic E-state index is 11.6. The zero-order valence-electron chi connectivity index (χ0n) is 11.7. The van der Waals surface area contributed by atoms with Gasteiger partial charge in [-0.1, -0.05) is 24.3 Å². The molecule has 1 heterocycles. The Balaban J connectivity index is 2.09. The van der Waals surface area contributed by atoms with E-state index in [9.17, 15) is 4.79 Å². The first-order valence-corrected chi connectivity index (χ1v) is 6.71. The van der Waals surface area contributed by atoms with Crippen LogP contribution in [0.1, 0.15) is 31.5 Å². The summed E-state index contributed by atoms with van der Waals surface area (Å²) in [4.78, 5) is 16.3. The minimum Gasteiger partial charge on any atom is -0.354 e. The molecule has 0 aliphatic carbocycles. The highest BCUT2D eigenvalue weighted by molar-refractivity contribution is 5.82.